The molecule has 2 aliphatic rings. The molecule has 2 amide bonds. The first-order valence-electron chi connectivity index (χ1n) is 15.9. The topological polar surface area (TPSA) is 160 Å². The van der Waals surface area contributed by atoms with Crippen LogP contribution in [0, 0.1) is 12.8 Å². The molecule has 3 heterocycles. The van der Waals surface area contributed by atoms with Gasteiger partial charge >= 0.3 is 24.2 Å². The first-order valence-corrected chi connectivity index (χ1v) is 17.4. The number of hydrogen-bond donors (Lipinski definition) is 2. The molecule has 2 fully saturated rings. The second kappa shape index (κ2) is 15.8. The van der Waals surface area contributed by atoms with Gasteiger partial charge < -0.3 is 23.7 Å². The van der Waals surface area contributed by atoms with Crippen LogP contribution < -0.4 is 24.2 Å². The number of ether oxygens (including phenoxy) is 5. The Balaban J connectivity index is 0.000000242. The second-order valence-electron chi connectivity index (χ2n) is 12.3. The number of halogens is 3. The Bertz CT molecular complexity index is 1750. The van der Waals surface area contributed by atoms with Crippen molar-refractivity contribution in [3.63, 3.8) is 0 Å². The number of nitrogens with one attached hydrogen (secondary N) is 2. The molecular formula is C33H42F3N5O8S. The maximum absolute atomic E-state index is 12.5. The Morgan fingerprint density at radius 3 is 2.36 bits per heavy atom. The second-order valence-corrected chi connectivity index (χ2v) is 14.0. The molecule has 0 saturated carbocycles. The van der Waals surface area contributed by atoms with Crippen LogP contribution in [0.1, 0.15) is 58.1 Å². The van der Waals surface area contributed by atoms with Gasteiger partial charge in [-0.1, -0.05) is 50.2 Å². The maximum atomic E-state index is 12.5. The number of nitrogens with zero attached hydrogens (tertiary/aromatic N) is 3. The highest BCUT2D eigenvalue weighted by molar-refractivity contribution is 7.90. The summed E-state index contributed by atoms with van der Waals surface area (Å²) < 4.78 is 90.4. The fourth-order valence-electron chi connectivity index (χ4n) is 5.71. The van der Waals surface area contributed by atoms with Crippen LogP contribution in [0.4, 0.5) is 23.9 Å². The molecule has 0 radical (unpaired) electrons. The molecule has 5 rings (SSSR count). The van der Waals surface area contributed by atoms with Crippen molar-refractivity contribution in [3.8, 4) is 17.8 Å². The molecular weight excluding hydrogens is 683 g/mol. The largest absolute Gasteiger partial charge is 0.492 e. The monoisotopic (exact) mass is 725 g/mol. The predicted octanol–water partition coefficient (Wildman–Crippen LogP) is 5.98. The lowest BCUT2D eigenvalue weighted by molar-refractivity contribution is -0.154. The number of rotatable bonds is 12. The van der Waals surface area contributed by atoms with Gasteiger partial charge in [0.25, 0.3) is 10.0 Å². The van der Waals surface area contributed by atoms with Gasteiger partial charge in [-0.25, -0.2) is 17.9 Å². The molecule has 3 atom stereocenters. The van der Waals surface area contributed by atoms with Crippen molar-refractivity contribution in [2.24, 2.45) is 5.92 Å². The molecule has 50 heavy (non-hydrogen) atoms. The fraction of sp³-hybridized carbons (Fsp3) is 0.515. The SMILES string of the molecule is CCOc1ccccc1S(=O)(=O)NC(=O)Nc1nc(OC)nc(OCC(F)(F)F)n1.Cc1ccccc1COC1CC2(C(C)C)CCC1(C)O2. The molecule has 17 heteroatoms. The molecule has 3 unspecified atom stereocenters. The number of carbonyl (C=O) groups is 1. The van der Waals surface area contributed by atoms with Gasteiger partial charge in [-0.3, -0.25) is 5.32 Å². The van der Waals surface area contributed by atoms with E-state index in [1.54, 1.807) is 17.7 Å². The highest BCUT2D eigenvalue weighted by Gasteiger charge is 2.60. The molecule has 1 aromatic heterocycles. The number of fused-ring (bicyclic) bond motifs is 2. The van der Waals surface area contributed by atoms with E-state index in [9.17, 15) is 26.4 Å². The van der Waals surface area contributed by atoms with Crippen molar-refractivity contribution in [2.45, 2.75) is 88.9 Å². The van der Waals surface area contributed by atoms with Crippen molar-refractivity contribution in [3.05, 3.63) is 59.7 Å². The smallest absolute Gasteiger partial charge is 0.422 e. The third-order valence-electron chi connectivity index (χ3n) is 8.48. The van der Waals surface area contributed by atoms with E-state index in [0.717, 1.165) is 20.0 Å². The number of alkyl halides is 3. The average Bonchev–Trinajstić information content (AvgIpc) is 3.56. The number of aromatic nitrogens is 3. The molecule has 13 nitrogen and oxygen atoms in total. The van der Waals surface area contributed by atoms with E-state index in [4.69, 9.17) is 18.9 Å². The zero-order valence-electron chi connectivity index (χ0n) is 28.7. The summed E-state index contributed by atoms with van der Waals surface area (Å²) in [5, 5.41) is 1.96. The summed E-state index contributed by atoms with van der Waals surface area (Å²) >= 11 is 0. The number of urea groups is 1. The van der Waals surface area contributed by atoms with Crippen molar-refractivity contribution < 1.29 is 50.1 Å². The van der Waals surface area contributed by atoms with E-state index in [2.05, 4.69) is 71.6 Å². The van der Waals surface area contributed by atoms with Gasteiger partial charge in [0.05, 0.1) is 37.6 Å². The first kappa shape index (κ1) is 38.6. The number of carbonyl (C=O) groups excluding carboxylic acids is 1. The van der Waals surface area contributed by atoms with E-state index >= 15 is 0 Å². The van der Waals surface area contributed by atoms with E-state index in [1.165, 1.54) is 35.7 Å². The van der Waals surface area contributed by atoms with Crippen molar-refractivity contribution in [1.82, 2.24) is 19.7 Å². The Morgan fingerprint density at radius 1 is 1.04 bits per heavy atom. The minimum absolute atomic E-state index is 0.0185. The van der Waals surface area contributed by atoms with Gasteiger partial charge in [-0.2, -0.15) is 23.1 Å². The lowest BCUT2D eigenvalue weighted by Crippen LogP contribution is -2.38. The Hall–Kier alpha value is -4.22. The average molecular weight is 726 g/mol. The van der Waals surface area contributed by atoms with Crippen molar-refractivity contribution in [2.75, 3.05) is 25.6 Å². The third kappa shape index (κ3) is 9.72. The van der Waals surface area contributed by atoms with Gasteiger partial charge in [-0.05, 0) is 62.8 Å². The molecule has 274 valence electrons. The highest BCUT2D eigenvalue weighted by atomic mass is 32.2. The van der Waals surface area contributed by atoms with Gasteiger partial charge in [0, 0.05) is 6.42 Å². The van der Waals surface area contributed by atoms with E-state index in [-0.39, 0.29) is 34.6 Å². The standard InChI is InChI=1S/C18H26O2.C15H16F3N5O6S/c1-13(2)18-10-9-17(4,20-18)16(11-18)19-12-15-8-6-5-7-14(15)3;1-3-28-9-6-4-5-7-10(9)30(25,26)23-12(24)19-11-20-13(27-2)22-14(21-11)29-8-15(16,17)18/h5-8,13,16H,9-12H2,1-4H3;4-7H,3,8H2,1-2H3,(H2,19,20,21,22,23,24). The van der Waals surface area contributed by atoms with Crippen LogP contribution in [0.2, 0.25) is 0 Å². The number of para-hydroxylation sites is 1. The summed E-state index contributed by atoms with van der Waals surface area (Å²) in [6, 6.07) is 11.5. The summed E-state index contributed by atoms with van der Waals surface area (Å²) in [5.74, 6) is -0.0221. The quantitative estimate of drug-likeness (QED) is 0.226. The lowest BCUT2D eigenvalue weighted by Gasteiger charge is -2.31. The van der Waals surface area contributed by atoms with Crippen LogP contribution in [0.15, 0.2) is 53.4 Å². The number of aryl methyl sites for hydroxylation is 1. The zero-order chi connectivity index (χ0) is 36.7. The first-order chi connectivity index (χ1) is 23.5. The van der Waals surface area contributed by atoms with E-state index in [1.807, 2.05) is 5.32 Å². The summed E-state index contributed by atoms with van der Waals surface area (Å²) in [6.45, 7) is 9.75. The molecule has 2 saturated heterocycles. The molecule has 3 aromatic rings. The molecule has 2 bridgehead atoms. The molecule has 2 aromatic carbocycles. The highest BCUT2D eigenvalue weighted by Crippen LogP contribution is 2.55. The summed E-state index contributed by atoms with van der Waals surface area (Å²) in [5.41, 5.74) is 2.58. The van der Waals surface area contributed by atoms with Gasteiger partial charge in [-0.15, -0.1) is 4.98 Å². The number of hydrogen-bond acceptors (Lipinski definition) is 11. The van der Waals surface area contributed by atoms with Crippen LogP contribution in [0.3, 0.4) is 0 Å². The predicted molar refractivity (Wildman–Crippen MR) is 176 cm³/mol. The summed E-state index contributed by atoms with van der Waals surface area (Å²) in [6.07, 6.45) is -1.06. The van der Waals surface area contributed by atoms with Gasteiger partial charge in [0.15, 0.2) is 6.61 Å². The van der Waals surface area contributed by atoms with Crippen molar-refractivity contribution >= 4 is 22.0 Å². The third-order valence-corrected chi connectivity index (χ3v) is 9.85. The molecule has 0 aliphatic carbocycles. The fourth-order valence-corrected chi connectivity index (χ4v) is 6.77. The zero-order valence-corrected chi connectivity index (χ0v) is 29.5. The number of methoxy groups -OCH3 is 1. The number of benzene rings is 2. The Labute approximate surface area is 289 Å². The van der Waals surface area contributed by atoms with E-state index < -0.39 is 46.8 Å². The molecule has 0 spiro atoms. The Kier molecular flexibility index (Phi) is 12.2. The van der Waals surface area contributed by atoms with E-state index in [0.29, 0.717) is 12.5 Å². The van der Waals surface area contributed by atoms with Gasteiger partial charge in [0.2, 0.25) is 5.95 Å². The van der Waals surface area contributed by atoms with Gasteiger partial charge in [0.1, 0.15) is 10.6 Å². The summed E-state index contributed by atoms with van der Waals surface area (Å²) in [4.78, 5) is 22.3. The van der Waals surface area contributed by atoms with Crippen LogP contribution in [0.25, 0.3) is 0 Å². The van der Waals surface area contributed by atoms with Crippen LogP contribution in [-0.2, 0) is 26.1 Å². The number of sulfonamides is 1. The van der Waals surface area contributed by atoms with Crippen LogP contribution in [-0.4, -0.2) is 73.2 Å². The van der Waals surface area contributed by atoms with Crippen LogP contribution >= 0.6 is 0 Å². The number of anilines is 1. The minimum Gasteiger partial charge on any atom is -0.492 e. The summed E-state index contributed by atoms with van der Waals surface area (Å²) in [7, 11) is -3.24. The molecule has 2 aliphatic heterocycles. The minimum atomic E-state index is -4.66. The normalized spacial score (nSPS) is 21.3. The lowest BCUT2D eigenvalue weighted by atomic mass is 9.75. The van der Waals surface area contributed by atoms with Crippen LogP contribution in [0.5, 0.6) is 17.8 Å². The molecule has 2 N–H and O–H groups in total. The maximum Gasteiger partial charge on any atom is 0.422 e. The Morgan fingerprint density at radius 2 is 1.72 bits per heavy atom. The van der Waals surface area contributed by atoms with Crippen molar-refractivity contribution in [1.29, 1.82) is 0 Å². The number of amides is 2.